The van der Waals surface area contributed by atoms with Gasteiger partial charge in [-0.15, -0.1) is 0 Å². The van der Waals surface area contributed by atoms with Crippen LogP contribution in [-0.4, -0.2) is 19.1 Å². The van der Waals surface area contributed by atoms with Crippen LogP contribution in [0.2, 0.25) is 0 Å². The number of nitrogens with one attached hydrogen (secondary N) is 1. The maximum Gasteiger partial charge on any atom is 0.274 e. The summed E-state index contributed by atoms with van der Waals surface area (Å²) in [5.41, 5.74) is 4.86. The Morgan fingerprint density at radius 1 is 0.882 bits per heavy atom. The summed E-state index contributed by atoms with van der Waals surface area (Å²) in [6, 6.07) is 15.0. The summed E-state index contributed by atoms with van der Waals surface area (Å²) in [7, 11) is 3.38. The number of para-hydroxylation sites is 1. The Kier molecular flexibility index (Phi) is 5.17. The Morgan fingerprint density at radius 3 is 2.35 bits per heavy atom. The molecule has 4 aromatic heterocycles. The van der Waals surface area contributed by atoms with Gasteiger partial charge in [0.2, 0.25) is 0 Å². The third-order valence-electron chi connectivity index (χ3n) is 6.01. The second kappa shape index (κ2) is 8.19. The molecule has 7 heteroatoms. The zero-order valence-electron chi connectivity index (χ0n) is 19.4. The summed E-state index contributed by atoms with van der Waals surface area (Å²) in [6.07, 6.45) is 5.14. The molecule has 4 heterocycles. The summed E-state index contributed by atoms with van der Waals surface area (Å²) >= 11 is 0. The van der Waals surface area contributed by atoms with Crippen LogP contribution in [0.1, 0.15) is 11.1 Å². The number of hydrogen-bond acceptors (Lipinski definition) is 4. The Balaban J connectivity index is 1.78. The quantitative estimate of drug-likeness (QED) is 0.428. The number of ether oxygens (including phenoxy) is 1. The summed E-state index contributed by atoms with van der Waals surface area (Å²) < 4.78 is 9.40. The number of pyridine rings is 3. The molecule has 170 valence electrons. The van der Waals surface area contributed by atoms with Crippen LogP contribution >= 0.6 is 0 Å². The molecule has 0 bridgehead atoms. The minimum atomic E-state index is -0.175. The number of H-pyrrole nitrogens is 1. The van der Waals surface area contributed by atoms with Crippen LogP contribution in [0.3, 0.4) is 0 Å². The molecule has 7 nitrogen and oxygen atoms in total. The van der Waals surface area contributed by atoms with Crippen molar-refractivity contribution in [3.63, 3.8) is 0 Å². The van der Waals surface area contributed by atoms with E-state index in [4.69, 9.17) is 4.74 Å². The number of aryl methyl sites for hydroxylation is 4. The number of rotatable bonds is 4. The van der Waals surface area contributed by atoms with Crippen molar-refractivity contribution in [3.8, 4) is 34.0 Å². The molecule has 0 amide bonds. The van der Waals surface area contributed by atoms with Crippen LogP contribution in [0.25, 0.3) is 33.4 Å². The lowest BCUT2D eigenvalue weighted by Crippen LogP contribution is -2.18. The molecule has 0 aliphatic rings. The van der Waals surface area contributed by atoms with E-state index in [1.165, 1.54) is 9.13 Å². The third-order valence-corrected chi connectivity index (χ3v) is 6.01. The highest BCUT2D eigenvalue weighted by Gasteiger charge is 2.19. The molecule has 1 N–H and O–H groups in total. The minimum absolute atomic E-state index is 0.165. The van der Waals surface area contributed by atoms with E-state index in [2.05, 4.69) is 9.97 Å². The molecule has 0 saturated heterocycles. The standard InChI is InChI=1S/C27H24N4O3/c1-16-8-7-9-17(2)26(16)34-23-15-30(3)24(32)13-18(23)20-14-31(4)27(33)25-19(20)12-22(29-25)21-10-5-6-11-28-21/h5-15,29H,1-4H3. The van der Waals surface area contributed by atoms with E-state index < -0.39 is 0 Å². The van der Waals surface area contributed by atoms with E-state index in [1.54, 1.807) is 38.8 Å². The van der Waals surface area contributed by atoms with Crippen molar-refractivity contribution in [2.75, 3.05) is 0 Å². The zero-order valence-corrected chi connectivity index (χ0v) is 19.4. The van der Waals surface area contributed by atoms with E-state index in [9.17, 15) is 9.59 Å². The molecule has 0 radical (unpaired) electrons. The van der Waals surface area contributed by atoms with Gasteiger partial charge in [-0.05, 0) is 43.2 Å². The lowest BCUT2D eigenvalue weighted by molar-refractivity contribution is 0.470. The number of aromatic amines is 1. The monoisotopic (exact) mass is 452 g/mol. The number of fused-ring (bicyclic) bond motifs is 1. The van der Waals surface area contributed by atoms with Gasteiger partial charge in [0.05, 0.1) is 17.6 Å². The Hall–Kier alpha value is -4.39. The second-order valence-electron chi connectivity index (χ2n) is 8.47. The van der Waals surface area contributed by atoms with Crippen molar-refractivity contribution in [2.45, 2.75) is 13.8 Å². The largest absolute Gasteiger partial charge is 0.455 e. The van der Waals surface area contributed by atoms with E-state index in [1.807, 2.05) is 56.3 Å². The predicted molar refractivity (Wildman–Crippen MR) is 133 cm³/mol. The van der Waals surface area contributed by atoms with E-state index in [0.29, 0.717) is 22.2 Å². The SMILES string of the molecule is Cc1cccc(C)c1Oc1cn(C)c(=O)cc1-c1cn(C)c(=O)c2[nH]c(-c3ccccn3)cc12. The molecule has 0 spiro atoms. The summed E-state index contributed by atoms with van der Waals surface area (Å²) in [4.78, 5) is 33.3. The first-order valence-corrected chi connectivity index (χ1v) is 10.9. The van der Waals surface area contributed by atoms with E-state index in [0.717, 1.165) is 33.8 Å². The Labute approximate surface area is 195 Å². The zero-order chi connectivity index (χ0) is 24.0. The van der Waals surface area contributed by atoms with Gasteiger partial charge in [0.1, 0.15) is 11.3 Å². The van der Waals surface area contributed by atoms with Gasteiger partial charge in [0, 0.05) is 49.1 Å². The molecule has 5 aromatic rings. The van der Waals surface area contributed by atoms with Crippen LogP contribution in [0.4, 0.5) is 0 Å². The molecule has 0 unspecified atom stereocenters. The van der Waals surface area contributed by atoms with Crippen molar-refractivity contribution in [3.05, 3.63) is 99.0 Å². The highest BCUT2D eigenvalue weighted by Crippen LogP contribution is 2.38. The highest BCUT2D eigenvalue weighted by molar-refractivity contribution is 5.98. The van der Waals surface area contributed by atoms with Gasteiger partial charge in [-0.25, -0.2) is 0 Å². The van der Waals surface area contributed by atoms with Crippen LogP contribution < -0.4 is 15.9 Å². The number of benzene rings is 1. The van der Waals surface area contributed by atoms with E-state index in [-0.39, 0.29) is 11.1 Å². The number of hydrogen-bond donors (Lipinski definition) is 1. The van der Waals surface area contributed by atoms with Crippen molar-refractivity contribution in [2.24, 2.45) is 14.1 Å². The first-order chi connectivity index (χ1) is 16.3. The Bertz CT molecular complexity index is 1640. The summed E-state index contributed by atoms with van der Waals surface area (Å²) in [5, 5.41) is 0.698. The van der Waals surface area contributed by atoms with Crippen molar-refractivity contribution >= 4 is 10.9 Å². The van der Waals surface area contributed by atoms with Crippen molar-refractivity contribution < 1.29 is 4.74 Å². The van der Waals surface area contributed by atoms with Crippen LogP contribution in [0.5, 0.6) is 11.5 Å². The molecule has 0 aliphatic heterocycles. The van der Waals surface area contributed by atoms with Gasteiger partial charge in [-0.2, -0.15) is 0 Å². The van der Waals surface area contributed by atoms with Gasteiger partial charge in [-0.1, -0.05) is 24.3 Å². The lowest BCUT2D eigenvalue weighted by Gasteiger charge is -2.17. The van der Waals surface area contributed by atoms with Crippen LogP contribution in [-0.2, 0) is 14.1 Å². The Morgan fingerprint density at radius 2 is 1.65 bits per heavy atom. The van der Waals surface area contributed by atoms with Gasteiger partial charge in [0.25, 0.3) is 11.1 Å². The normalized spacial score (nSPS) is 11.2. The fourth-order valence-corrected chi connectivity index (χ4v) is 4.18. The maximum absolute atomic E-state index is 13.0. The van der Waals surface area contributed by atoms with Gasteiger partial charge >= 0.3 is 0 Å². The molecular weight excluding hydrogens is 428 g/mol. The number of aromatic nitrogens is 4. The van der Waals surface area contributed by atoms with Crippen molar-refractivity contribution in [1.29, 1.82) is 0 Å². The maximum atomic E-state index is 13.0. The van der Waals surface area contributed by atoms with E-state index >= 15 is 0 Å². The van der Waals surface area contributed by atoms with Gasteiger partial charge in [-0.3, -0.25) is 14.6 Å². The highest BCUT2D eigenvalue weighted by atomic mass is 16.5. The smallest absolute Gasteiger partial charge is 0.274 e. The molecule has 0 fully saturated rings. The summed E-state index contributed by atoms with van der Waals surface area (Å²) in [5.74, 6) is 1.27. The average Bonchev–Trinajstić information content (AvgIpc) is 3.27. The third kappa shape index (κ3) is 3.61. The van der Waals surface area contributed by atoms with Gasteiger partial charge < -0.3 is 18.9 Å². The minimum Gasteiger partial charge on any atom is -0.455 e. The molecule has 0 aliphatic carbocycles. The predicted octanol–water partition coefficient (Wildman–Crippen LogP) is 4.70. The fraction of sp³-hybridized carbons (Fsp3) is 0.148. The van der Waals surface area contributed by atoms with Crippen molar-refractivity contribution in [1.82, 2.24) is 19.1 Å². The molecule has 5 rings (SSSR count). The summed E-state index contributed by atoms with van der Waals surface area (Å²) in [6.45, 7) is 3.97. The first kappa shape index (κ1) is 21.5. The molecule has 1 aromatic carbocycles. The molecule has 0 atom stereocenters. The van der Waals surface area contributed by atoms with Crippen LogP contribution in [0.15, 0.2) is 76.7 Å². The number of nitrogens with zero attached hydrogens (tertiary/aromatic N) is 3. The fourth-order valence-electron chi connectivity index (χ4n) is 4.18. The topological polar surface area (TPSA) is 81.9 Å². The molecule has 34 heavy (non-hydrogen) atoms. The first-order valence-electron chi connectivity index (χ1n) is 10.9. The molecule has 0 saturated carbocycles. The average molecular weight is 453 g/mol. The lowest BCUT2D eigenvalue weighted by atomic mass is 10.0. The second-order valence-corrected chi connectivity index (χ2v) is 8.47. The molecular formula is C27H24N4O3. The van der Waals surface area contributed by atoms with Crippen LogP contribution in [0, 0.1) is 13.8 Å². The van der Waals surface area contributed by atoms with Gasteiger partial charge in [0.15, 0.2) is 5.75 Å².